The van der Waals surface area contributed by atoms with Crippen LogP contribution < -0.4 is 14.8 Å². The SMILES string of the molecule is CCCCN1C(=O)C(C(O)C(C)C)NC(=O)C12CCN(Cc1ccc3c(c1)OCCO3)CC2. The van der Waals surface area contributed by atoms with Crippen molar-refractivity contribution in [1.29, 1.82) is 0 Å². The summed E-state index contributed by atoms with van der Waals surface area (Å²) >= 11 is 0. The second kappa shape index (κ2) is 9.89. The van der Waals surface area contributed by atoms with Crippen LogP contribution in [-0.4, -0.2) is 77.3 Å². The maximum Gasteiger partial charge on any atom is 0.248 e. The highest BCUT2D eigenvalue weighted by Gasteiger charge is 2.54. The van der Waals surface area contributed by atoms with Crippen molar-refractivity contribution in [3.05, 3.63) is 23.8 Å². The Kier molecular flexibility index (Phi) is 7.14. The highest BCUT2D eigenvalue weighted by atomic mass is 16.6. The lowest BCUT2D eigenvalue weighted by Gasteiger charge is -2.52. The molecule has 2 N–H and O–H groups in total. The van der Waals surface area contributed by atoms with Crippen LogP contribution in [0.5, 0.6) is 11.5 Å². The van der Waals surface area contributed by atoms with E-state index in [1.54, 1.807) is 4.90 Å². The number of hydrogen-bond acceptors (Lipinski definition) is 6. The monoisotopic (exact) mass is 459 g/mol. The summed E-state index contributed by atoms with van der Waals surface area (Å²) in [6.45, 7) is 9.68. The van der Waals surface area contributed by atoms with Crippen LogP contribution in [0.1, 0.15) is 52.0 Å². The van der Waals surface area contributed by atoms with Gasteiger partial charge in [0.25, 0.3) is 0 Å². The van der Waals surface area contributed by atoms with Crippen LogP contribution in [0.4, 0.5) is 0 Å². The molecule has 1 aromatic carbocycles. The smallest absolute Gasteiger partial charge is 0.248 e. The third kappa shape index (κ3) is 4.68. The summed E-state index contributed by atoms with van der Waals surface area (Å²) in [7, 11) is 0. The number of nitrogens with one attached hydrogen (secondary N) is 1. The number of rotatable bonds is 7. The summed E-state index contributed by atoms with van der Waals surface area (Å²) < 4.78 is 11.3. The molecule has 2 amide bonds. The van der Waals surface area contributed by atoms with Gasteiger partial charge in [-0.3, -0.25) is 14.5 Å². The molecular weight excluding hydrogens is 422 g/mol. The van der Waals surface area contributed by atoms with Gasteiger partial charge in [0.15, 0.2) is 11.5 Å². The van der Waals surface area contributed by atoms with Gasteiger partial charge in [0, 0.05) is 26.2 Å². The third-order valence-corrected chi connectivity index (χ3v) is 7.21. The molecule has 3 heterocycles. The molecule has 2 unspecified atom stereocenters. The first-order valence-electron chi connectivity index (χ1n) is 12.3. The summed E-state index contributed by atoms with van der Waals surface area (Å²) in [4.78, 5) is 30.9. The van der Waals surface area contributed by atoms with E-state index in [-0.39, 0.29) is 17.7 Å². The van der Waals surface area contributed by atoms with E-state index in [1.807, 2.05) is 26.0 Å². The molecule has 8 nitrogen and oxygen atoms in total. The van der Waals surface area contributed by atoms with Crippen LogP contribution in [0.15, 0.2) is 18.2 Å². The average Bonchev–Trinajstić information content (AvgIpc) is 2.82. The van der Waals surface area contributed by atoms with Crippen molar-refractivity contribution in [2.24, 2.45) is 5.92 Å². The molecule has 3 aliphatic heterocycles. The fourth-order valence-electron chi connectivity index (χ4n) is 5.12. The number of ether oxygens (including phenoxy) is 2. The quantitative estimate of drug-likeness (QED) is 0.648. The molecule has 33 heavy (non-hydrogen) atoms. The molecule has 2 fully saturated rings. The van der Waals surface area contributed by atoms with Gasteiger partial charge in [-0.1, -0.05) is 33.3 Å². The molecule has 2 atom stereocenters. The Balaban J connectivity index is 1.46. The fraction of sp³-hybridized carbons (Fsp3) is 0.680. The largest absolute Gasteiger partial charge is 0.486 e. The molecule has 3 aliphatic rings. The lowest BCUT2D eigenvalue weighted by atomic mass is 9.80. The lowest BCUT2D eigenvalue weighted by molar-refractivity contribution is -0.165. The van der Waals surface area contributed by atoms with Gasteiger partial charge in [-0.05, 0) is 42.9 Å². The zero-order chi connectivity index (χ0) is 23.6. The van der Waals surface area contributed by atoms with Crippen molar-refractivity contribution in [2.45, 2.75) is 70.7 Å². The molecule has 0 bridgehead atoms. The van der Waals surface area contributed by atoms with Gasteiger partial charge in [-0.2, -0.15) is 0 Å². The van der Waals surface area contributed by atoms with Crippen molar-refractivity contribution in [3.63, 3.8) is 0 Å². The number of aliphatic hydroxyl groups excluding tert-OH is 1. The summed E-state index contributed by atoms with van der Waals surface area (Å²) in [5.74, 6) is 1.18. The molecule has 4 rings (SSSR count). The minimum atomic E-state index is -0.891. The minimum Gasteiger partial charge on any atom is -0.486 e. The van der Waals surface area contributed by atoms with Crippen molar-refractivity contribution < 1.29 is 24.2 Å². The van der Waals surface area contributed by atoms with Gasteiger partial charge in [0.1, 0.15) is 24.8 Å². The number of likely N-dealkylation sites (tertiary alicyclic amines) is 1. The molecule has 2 saturated heterocycles. The third-order valence-electron chi connectivity index (χ3n) is 7.21. The first-order chi connectivity index (χ1) is 15.9. The highest BCUT2D eigenvalue weighted by molar-refractivity contribution is 6.00. The predicted octanol–water partition coefficient (Wildman–Crippen LogP) is 1.94. The summed E-state index contributed by atoms with van der Waals surface area (Å²) in [6.07, 6.45) is 2.06. The van der Waals surface area contributed by atoms with Crippen LogP contribution in [0.25, 0.3) is 0 Å². The van der Waals surface area contributed by atoms with Crippen molar-refractivity contribution >= 4 is 11.8 Å². The fourth-order valence-corrected chi connectivity index (χ4v) is 5.12. The number of carbonyl (C=O) groups is 2. The summed E-state index contributed by atoms with van der Waals surface area (Å²) in [5.41, 5.74) is 0.310. The Hall–Kier alpha value is -2.32. The van der Waals surface area contributed by atoms with E-state index >= 15 is 0 Å². The van der Waals surface area contributed by atoms with E-state index in [4.69, 9.17) is 9.47 Å². The van der Waals surface area contributed by atoms with E-state index in [0.29, 0.717) is 32.6 Å². The zero-order valence-corrected chi connectivity index (χ0v) is 20.0. The molecule has 1 spiro atoms. The van der Waals surface area contributed by atoms with E-state index in [9.17, 15) is 14.7 Å². The number of nitrogens with zero attached hydrogens (tertiary/aromatic N) is 2. The average molecular weight is 460 g/mol. The molecule has 0 radical (unpaired) electrons. The Morgan fingerprint density at radius 3 is 2.52 bits per heavy atom. The topological polar surface area (TPSA) is 91.3 Å². The van der Waals surface area contributed by atoms with Crippen molar-refractivity contribution in [1.82, 2.24) is 15.1 Å². The molecule has 0 aliphatic carbocycles. The first kappa shape index (κ1) is 23.8. The van der Waals surface area contributed by atoms with Gasteiger partial charge < -0.3 is 24.8 Å². The number of hydrogen-bond donors (Lipinski definition) is 2. The lowest BCUT2D eigenvalue weighted by Crippen LogP contribution is -2.74. The number of unbranched alkanes of at least 4 members (excludes halogenated alkanes) is 1. The number of aliphatic hydroxyl groups is 1. The number of piperazine rings is 1. The molecule has 182 valence electrons. The summed E-state index contributed by atoms with van der Waals surface area (Å²) in [6, 6.07) is 5.17. The van der Waals surface area contributed by atoms with Gasteiger partial charge in [-0.25, -0.2) is 0 Å². The molecular formula is C25H37N3O5. The standard InChI is InChI=1S/C25H37N3O5/c1-4-5-10-28-23(30)21(22(29)17(2)3)26-24(31)25(28)8-11-27(12-9-25)16-18-6-7-19-20(15-18)33-14-13-32-19/h6-7,15,17,21-22,29H,4-5,8-14,16H2,1-3H3,(H,26,31). The number of benzene rings is 1. The highest BCUT2D eigenvalue weighted by Crippen LogP contribution is 2.36. The van der Waals surface area contributed by atoms with Crippen LogP contribution >= 0.6 is 0 Å². The molecule has 1 aromatic rings. The minimum absolute atomic E-state index is 0.117. The normalized spacial score (nSPS) is 23.7. The van der Waals surface area contributed by atoms with Crippen molar-refractivity contribution in [3.8, 4) is 11.5 Å². The maximum atomic E-state index is 13.4. The molecule has 0 aromatic heterocycles. The number of fused-ring (bicyclic) bond motifs is 1. The Bertz CT molecular complexity index is 866. The predicted molar refractivity (Wildman–Crippen MR) is 124 cm³/mol. The number of amides is 2. The van der Waals surface area contributed by atoms with Gasteiger partial charge in [0.05, 0.1) is 6.10 Å². The summed E-state index contributed by atoms with van der Waals surface area (Å²) in [5, 5.41) is 13.5. The van der Waals surface area contributed by atoms with E-state index in [1.165, 1.54) is 0 Å². The Morgan fingerprint density at radius 2 is 1.85 bits per heavy atom. The van der Waals surface area contributed by atoms with Crippen LogP contribution in [-0.2, 0) is 16.1 Å². The van der Waals surface area contributed by atoms with Gasteiger partial charge >= 0.3 is 0 Å². The van der Waals surface area contributed by atoms with Crippen LogP contribution in [0.2, 0.25) is 0 Å². The number of piperidine rings is 1. The van der Waals surface area contributed by atoms with Gasteiger partial charge in [0.2, 0.25) is 11.8 Å². The first-order valence-corrected chi connectivity index (χ1v) is 12.3. The second-order valence-electron chi connectivity index (χ2n) is 9.81. The maximum absolute atomic E-state index is 13.4. The van der Waals surface area contributed by atoms with E-state index in [0.717, 1.165) is 49.5 Å². The van der Waals surface area contributed by atoms with Crippen LogP contribution in [0, 0.1) is 5.92 Å². The zero-order valence-electron chi connectivity index (χ0n) is 20.0. The molecule has 0 saturated carbocycles. The van der Waals surface area contributed by atoms with Crippen LogP contribution in [0.3, 0.4) is 0 Å². The molecule has 8 heteroatoms. The van der Waals surface area contributed by atoms with E-state index in [2.05, 4.69) is 23.2 Å². The Morgan fingerprint density at radius 1 is 1.15 bits per heavy atom. The van der Waals surface area contributed by atoms with Gasteiger partial charge in [-0.15, -0.1) is 0 Å². The van der Waals surface area contributed by atoms with Crippen molar-refractivity contribution in [2.75, 3.05) is 32.8 Å². The number of carbonyl (C=O) groups excluding carboxylic acids is 2. The Labute approximate surface area is 196 Å². The van der Waals surface area contributed by atoms with E-state index < -0.39 is 17.7 Å². The second-order valence-corrected chi connectivity index (χ2v) is 9.81.